The van der Waals surface area contributed by atoms with E-state index in [-0.39, 0.29) is 0 Å². The highest BCUT2D eigenvalue weighted by Gasteiger charge is 2.37. The molecule has 2 saturated heterocycles. The van der Waals surface area contributed by atoms with Crippen LogP contribution < -0.4 is 25.6 Å². The number of fused-ring (bicyclic) bond motifs is 1. The van der Waals surface area contributed by atoms with E-state index in [4.69, 9.17) is 27.9 Å². The van der Waals surface area contributed by atoms with Crippen molar-refractivity contribution < 1.29 is 9.30 Å². The molecule has 0 amide bonds. The molecule has 1 spiro atoms. The summed E-state index contributed by atoms with van der Waals surface area (Å²) in [4.78, 5) is 13.9. The zero-order valence-corrected chi connectivity index (χ0v) is 28.1. The predicted octanol–water partition coefficient (Wildman–Crippen LogP) is 8.05. The molecule has 0 atom stereocenters. The molecule has 0 unspecified atom stereocenters. The lowest BCUT2D eigenvalue weighted by Gasteiger charge is -2.47. The molecule has 2 aromatic heterocycles. The second kappa shape index (κ2) is 12.1. The molecule has 0 saturated carbocycles. The van der Waals surface area contributed by atoms with Crippen molar-refractivity contribution in [1.29, 1.82) is 0 Å². The maximum Gasteiger partial charge on any atom is 0.229 e. The molecule has 6 rings (SSSR count). The van der Waals surface area contributed by atoms with Crippen LogP contribution in [0.4, 0.5) is 28.8 Å². The van der Waals surface area contributed by atoms with Crippen LogP contribution in [0, 0.1) is 5.41 Å². The smallest absolute Gasteiger partial charge is 0.229 e. The Morgan fingerprint density at radius 3 is 2.40 bits per heavy atom. The molecule has 12 heteroatoms. The van der Waals surface area contributed by atoms with Crippen molar-refractivity contribution in [1.82, 2.24) is 14.9 Å². The number of hydrogen-bond donors (Lipinski definition) is 2. The number of ether oxygens (including phenoxy) is 1. The van der Waals surface area contributed by atoms with Gasteiger partial charge in [0.05, 0.1) is 35.4 Å². The lowest BCUT2D eigenvalue weighted by atomic mass is 9.71. The fourth-order valence-electron chi connectivity index (χ4n) is 6.34. The summed E-state index contributed by atoms with van der Waals surface area (Å²) in [6.07, 6.45) is 6.44. The van der Waals surface area contributed by atoms with E-state index in [0.717, 1.165) is 34.2 Å². The summed E-state index contributed by atoms with van der Waals surface area (Å²) in [5, 5.41) is 11.3. The summed E-state index contributed by atoms with van der Waals surface area (Å²) in [6.45, 7) is 7.88. The molecule has 0 radical (unpaired) electrons. The summed E-state index contributed by atoms with van der Waals surface area (Å²) in [5.41, 5.74) is 2.80. The summed E-state index contributed by atoms with van der Waals surface area (Å²) >= 11 is 15.0. The molecule has 2 N–H and O–H groups in total. The number of methoxy groups -OCH3 is 1. The number of thiophene rings is 1. The predicted molar refractivity (Wildman–Crippen MR) is 183 cm³/mol. The maximum absolute atomic E-state index is 13.3. The van der Waals surface area contributed by atoms with Gasteiger partial charge in [0.15, 0.2) is 5.82 Å². The van der Waals surface area contributed by atoms with E-state index in [1.807, 2.05) is 35.7 Å². The van der Waals surface area contributed by atoms with Crippen LogP contribution in [0.15, 0.2) is 41.9 Å². The number of nitrogens with zero attached hydrogens (tertiary/aromatic N) is 4. The summed E-state index contributed by atoms with van der Waals surface area (Å²) in [5.74, 6) is 1.38. The van der Waals surface area contributed by atoms with Crippen LogP contribution in [-0.4, -0.2) is 68.5 Å². The maximum atomic E-state index is 13.3. The third-order valence-corrected chi connectivity index (χ3v) is 11.9. The lowest BCUT2D eigenvalue weighted by Crippen LogP contribution is -2.46. The van der Waals surface area contributed by atoms with Crippen molar-refractivity contribution in [2.24, 2.45) is 5.41 Å². The van der Waals surface area contributed by atoms with Gasteiger partial charge in [0.25, 0.3) is 0 Å². The van der Waals surface area contributed by atoms with Gasteiger partial charge < -0.3 is 29.7 Å². The Morgan fingerprint density at radius 1 is 0.977 bits per heavy atom. The number of rotatable bonds is 7. The zero-order chi connectivity index (χ0) is 30.4. The molecule has 4 aromatic rings. The van der Waals surface area contributed by atoms with Gasteiger partial charge in [-0.3, -0.25) is 0 Å². The third-order valence-electron chi connectivity index (χ3n) is 8.87. The standard InChI is InChI=1S/C31H37Cl2N6O2PS/c1-38-12-8-31(9-13-38)10-14-39(15-11-31)25-18-26(41-2)24(17-21(25)32)36-30-34-19-22(33)29(37-30)35-23-5-6-27-20(7-16-43-27)28(23)42(3,4)40/h5-7,16-19H,8-15H2,1-4H3,(H2,34,35,36,37). The SMILES string of the molecule is COc1cc(N2CCC3(CCN(C)CC3)CC2)c(Cl)cc1Nc1ncc(Cl)c(Nc2ccc3sccc3c2P(C)(C)=O)n1. The molecule has 0 bridgehead atoms. The Morgan fingerprint density at radius 2 is 1.70 bits per heavy atom. The lowest BCUT2D eigenvalue weighted by molar-refractivity contribution is 0.0945. The monoisotopic (exact) mass is 658 g/mol. The molecule has 43 heavy (non-hydrogen) atoms. The van der Waals surface area contributed by atoms with E-state index in [1.165, 1.54) is 45.0 Å². The highest BCUT2D eigenvalue weighted by atomic mass is 35.5. The van der Waals surface area contributed by atoms with Crippen molar-refractivity contribution in [3.63, 3.8) is 0 Å². The second-order valence-corrected chi connectivity index (χ2v) is 17.0. The number of likely N-dealkylation sites (tertiary alicyclic amines) is 1. The van der Waals surface area contributed by atoms with Crippen LogP contribution in [0.5, 0.6) is 5.75 Å². The van der Waals surface area contributed by atoms with Gasteiger partial charge in [-0.15, -0.1) is 11.3 Å². The molecule has 0 aliphatic carbocycles. The highest BCUT2D eigenvalue weighted by molar-refractivity contribution is 7.71. The van der Waals surface area contributed by atoms with Gasteiger partial charge in [-0.1, -0.05) is 23.2 Å². The van der Waals surface area contributed by atoms with E-state index in [1.54, 1.807) is 31.8 Å². The number of aromatic nitrogens is 2. The molecule has 2 aromatic carbocycles. The van der Waals surface area contributed by atoms with Crippen molar-refractivity contribution in [2.75, 3.05) is 69.2 Å². The van der Waals surface area contributed by atoms with Crippen LogP contribution in [0.3, 0.4) is 0 Å². The molecule has 2 aliphatic heterocycles. The van der Waals surface area contributed by atoms with Crippen LogP contribution in [0.2, 0.25) is 10.0 Å². The van der Waals surface area contributed by atoms with Gasteiger partial charge in [-0.25, -0.2) is 4.98 Å². The number of halogens is 2. The number of benzene rings is 2. The summed E-state index contributed by atoms with van der Waals surface area (Å²) in [7, 11) is 1.24. The van der Waals surface area contributed by atoms with Gasteiger partial charge >= 0.3 is 0 Å². The fraction of sp³-hybridized carbons (Fsp3) is 0.419. The van der Waals surface area contributed by atoms with Crippen LogP contribution in [0.25, 0.3) is 10.1 Å². The number of piperidine rings is 2. The Hall–Kier alpha value is -2.55. The molecule has 2 aliphatic rings. The highest BCUT2D eigenvalue weighted by Crippen LogP contribution is 2.45. The molecule has 2 fully saturated rings. The molecule has 228 valence electrons. The first kappa shape index (κ1) is 30.5. The van der Waals surface area contributed by atoms with E-state index in [0.29, 0.717) is 44.4 Å². The van der Waals surface area contributed by atoms with Gasteiger partial charge in [-0.2, -0.15) is 4.98 Å². The first-order valence-corrected chi connectivity index (χ1v) is 18.7. The minimum absolute atomic E-state index is 0.325. The Balaban J connectivity index is 1.23. The first-order chi connectivity index (χ1) is 20.5. The average molecular weight is 660 g/mol. The van der Waals surface area contributed by atoms with Crippen molar-refractivity contribution in [2.45, 2.75) is 25.7 Å². The number of hydrogen-bond acceptors (Lipinski definition) is 9. The molecular formula is C31H37Cl2N6O2PS. The minimum atomic E-state index is -2.63. The quantitative estimate of drug-likeness (QED) is 0.193. The molecular weight excluding hydrogens is 622 g/mol. The summed E-state index contributed by atoms with van der Waals surface area (Å²) in [6, 6.07) is 9.81. The second-order valence-electron chi connectivity index (χ2n) is 12.1. The zero-order valence-electron chi connectivity index (χ0n) is 24.9. The van der Waals surface area contributed by atoms with E-state index >= 15 is 0 Å². The van der Waals surface area contributed by atoms with E-state index in [2.05, 4.69) is 37.4 Å². The van der Waals surface area contributed by atoms with E-state index < -0.39 is 7.14 Å². The minimum Gasteiger partial charge on any atom is -0.494 e. The molecule has 4 heterocycles. The fourth-order valence-corrected chi connectivity index (χ4v) is 9.12. The van der Waals surface area contributed by atoms with Gasteiger partial charge in [-0.05, 0) is 94.2 Å². The van der Waals surface area contributed by atoms with Gasteiger partial charge in [0.1, 0.15) is 17.9 Å². The Labute approximate surface area is 267 Å². The first-order valence-electron chi connectivity index (χ1n) is 14.5. The van der Waals surface area contributed by atoms with Crippen LogP contribution in [0.1, 0.15) is 25.7 Å². The summed E-state index contributed by atoms with van der Waals surface area (Å²) < 4.78 is 20.2. The topological polar surface area (TPSA) is 82.6 Å². The van der Waals surface area contributed by atoms with Crippen molar-refractivity contribution >= 4 is 85.9 Å². The number of anilines is 5. The number of nitrogens with one attached hydrogen (secondary N) is 2. The largest absolute Gasteiger partial charge is 0.494 e. The van der Waals surface area contributed by atoms with Crippen LogP contribution >= 0.6 is 41.7 Å². The van der Waals surface area contributed by atoms with Crippen LogP contribution in [-0.2, 0) is 4.57 Å². The van der Waals surface area contributed by atoms with Gasteiger partial charge in [0, 0.05) is 34.5 Å². The Kier molecular flexibility index (Phi) is 8.57. The van der Waals surface area contributed by atoms with Crippen molar-refractivity contribution in [3.8, 4) is 5.75 Å². The average Bonchev–Trinajstić information content (AvgIpc) is 3.45. The Bertz CT molecular complexity index is 1690. The van der Waals surface area contributed by atoms with Crippen molar-refractivity contribution in [3.05, 3.63) is 52.0 Å². The van der Waals surface area contributed by atoms with E-state index in [9.17, 15) is 4.57 Å². The molecule has 8 nitrogen and oxygen atoms in total. The third kappa shape index (κ3) is 6.34. The normalized spacial score (nSPS) is 17.4. The van der Waals surface area contributed by atoms with Gasteiger partial charge in [0.2, 0.25) is 5.95 Å².